The summed E-state index contributed by atoms with van der Waals surface area (Å²) in [5.74, 6) is 0.663. The average molecular weight is 274 g/mol. The standard InChI is InChI=1S/C16H22N2O2/c17-15-7-4-12(5-8-15)6-9-16(20)18-10-13-2-1-3-14(13)11-19/h4-9,13-14,19H,1-3,10-11,17H2,(H,18,20)/b9-6+. The number of anilines is 1. The van der Waals surface area contributed by atoms with Crippen LogP contribution in [0.3, 0.4) is 0 Å². The van der Waals surface area contributed by atoms with E-state index in [0.717, 1.165) is 24.8 Å². The molecule has 0 aliphatic heterocycles. The number of nitrogens with two attached hydrogens (primary N) is 1. The average Bonchev–Trinajstić information content (AvgIpc) is 2.92. The summed E-state index contributed by atoms with van der Waals surface area (Å²) >= 11 is 0. The van der Waals surface area contributed by atoms with Crippen LogP contribution in [0.4, 0.5) is 5.69 Å². The summed E-state index contributed by atoms with van der Waals surface area (Å²) in [6.45, 7) is 0.873. The highest BCUT2D eigenvalue weighted by molar-refractivity contribution is 5.91. The van der Waals surface area contributed by atoms with Gasteiger partial charge in [-0.05, 0) is 48.4 Å². The first-order valence-corrected chi connectivity index (χ1v) is 7.11. The van der Waals surface area contributed by atoms with Crippen LogP contribution in [-0.4, -0.2) is 24.2 Å². The number of hydrogen-bond donors (Lipinski definition) is 3. The highest BCUT2D eigenvalue weighted by Gasteiger charge is 2.26. The molecule has 108 valence electrons. The van der Waals surface area contributed by atoms with Crippen LogP contribution in [0.2, 0.25) is 0 Å². The van der Waals surface area contributed by atoms with Crippen LogP contribution in [0.15, 0.2) is 30.3 Å². The number of aliphatic hydroxyl groups excluding tert-OH is 1. The van der Waals surface area contributed by atoms with Crippen molar-refractivity contribution in [1.29, 1.82) is 0 Å². The number of nitrogens with one attached hydrogen (secondary N) is 1. The third-order valence-electron chi connectivity index (χ3n) is 3.95. The molecular weight excluding hydrogens is 252 g/mol. The van der Waals surface area contributed by atoms with Gasteiger partial charge in [-0.1, -0.05) is 18.6 Å². The van der Waals surface area contributed by atoms with Crippen molar-refractivity contribution in [3.63, 3.8) is 0 Å². The van der Waals surface area contributed by atoms with Crippen molar-refractivity contribution in [3.8, 4) is 0 Å². The molecule has 2 rings (SSSR count). The lowest BCUT2D eigenvalue weighted by Crippen LogP contribution is -2.30. The molecule has 0 spiro atoms. The van der Waals surface area contributed by atoms with Crippen LogP contribution in [0.1, 0.15) is 24.8 Å². The van der Waals surface area contributed by atoms with Gasteiger partial charge in [0.1, 0.15) is 0 Å². The molecule has 2 atom stereocenters. The zero-order valence-corrected chi connectivity index (χ0v) is 11.6. The number of carbonyl (C=O) groups excluding carboxylic acids is 1. The maximum absolute atomic E-state index is 11.7. The van der Waals surface area contributed by atoms with E-state index in [1.54, 1.807) is 6.08 Å². The van der Waals surface area contributed by atoms with Gasteiger partial charge in [0.2, 0.25) is 5.91 Å². The minimum Gasteiger partial charge on any atom is -0.399 e. The molecule has 0 aromatic heterocycles. The van der Waals surface area contributed by atoms with Gasteiger partial charge in [-0.15, -0.1) is 0 Å². The third kappa shape index (κ3) is 4.10. The van der Waals surface area contributed by atoms with E-state index < -0.39 is 0 Å². The van der Waals surface area contributed by atoms with Crippen molar-refractivity contribution in [1.82, 2.24) is 5.32 Å². The molecule has 1 aliphatic carbocycles. The topological polar surface area (TPSA) is 75.4 Å². The quantitative estimate of drug-likeness (QED) is 0.566. The van der Waals surface area contributed by atoms with Crippen LogP contribution < -0.4 is 11.1 Å². The molecule has 0 bridgehead atoms. The molecule has 0 radical (unpaired) electrons. The number of aliphatic hydroxyl groups is 1. The van der Waals surface area contributed by atoms with E-state index in [0.29, 0.717) is 24.1 Å². The molecule has 0 heterocycles. The number of hydrogen-bond acceptors (Lipinski definition) is 3. The molecule has 20 heavy (non-hydrogen) atoms. The van der Waals surface area contributed by atoms with Gasteiger partial charge in [-0.25, -0.2) is 0 Å². The molecule has 1 saturated carbocycles. The van der Waals surface area contributed by atoms with Crippen molar-refractivity contribution in [2.45, 2.75) is 19.3 Å². The van der Waals surface area contributed by atoms with Crippen molar-refractivity contribution >= 4 is 17.7 Å². The van der Waals surface area contributed by atoms with Gasteiger partial charge < -0.3 is 16.2 Å². The zero-order chi connectivity index (χ0) is 14.4. The molecule has 1 aromatic carbocycles. The molecule has 2 unspecified atom stereocenters. The van der Waals surface area contributed by atoms with Gasteiger partial charge in [0.05, 0.1) is 0 Å². The van der Waals surface area contributed by atoms with Crippen LogP contribution in [-0.2, 0) is 4.79 Å². The van der Waals surface area contributed by atoms with E-state index in [1.807, 2.05) is 24.3 Å². The Morgan fingerprint density at radius 3 is 2.70 bits per heavy atom. The second-order valence-electron chi connectivity index (χ2n) is 5.38. The van der Waals surface area contributed by atoms with Crippen molar-refractivity contribution < 1.29 is 9.90 Å². The van der Waals surface area contributed by atoms with Crippen molar-refractivity contribution in [2.24, 2.45) is 11.8 Å². The lowest BCUT2D eigenvalue weighted by atomic mass is 9.97. The smallest absolute Gasteiger partial charge is 0.244 e. The van der Waals surface area contributed by atoms with Crippen molar-refractivity contribution in [2.75, 3.05) is 18.9 Å². The molecule has 4 nitrogen and oxygen atoms in total. The van der Waals surface area contributed by atoms with Crippen LogP contribution in [0.25, 0.3) is 6.08 Å². The number of carbonyl (C=O) groups is 1. The first-order chi connectivity index (χ1) is 9.69. The lowest BCUT2D eigenvalue weighted by molar-refractivity contribution is -0.116. The van der Waals surface area contributed by atoms with Gasteiger partial charge in [0.25, 0.3) is 0 Å². The molecule has 1 fully saturated rings. The maximum Gasteiger partial charge on any atom is 0.244 e. The predicted molar refractivity (Wildman–Crippen MR) is 80.8 cm³/mol. The summed E-state index contributed by atoms with van der Waals surface area (Å²) in [6.07, 6.45) is 6.61. The van der Waals surface area contributed by atoms with Gasteiger partial charge in [-0.2, -0.15) is 0 Å². The predicted octanol–water partition coefficient (Wildman–Crippen LogP) is 1.81. The first kappa shape index (κ1) is 14.6. The van der Waals surface area contributed by atoms with Gasteiger partial charge >= 0.3 is 0 Å². The van der Waals surface area contributed by atoms with Crippen LogP contribution in [0, 0.1) is 11.8 Å². The molecule has 1 aliphatic rings. The fourth-order valence-corrected chi connectivity index (χ4v) is 2.69. The monoisotopic (exact) mass is 274 g/mol. The number of benzene rings is 1. The lowest BCUT2D eigenvalue weighted by Gasteiger charge is -2.17. The number of amides is 1. The Kier molecular flexibility index (Phi) is 5.18. The van der Waals surface area contributed by atoms with Crippen molar-refractivity contribution in [3.05, 3.63) is 35.9 Å². The Balaban J connectivity index is 1.79. The molecule has 4 heteroatoms. The molecular formula is C16H22N2O2. The molecule has 1 aromatic rings. The van der Waals surface area contributed by atoms with Gasteiger partial charge in [0, 0.05) is 24.9 Å². The van der Waals surface area contributed by atoms with Crippen LogP contribution in [0.5, 0.6) is 0 Å². The van der Waals surface area contributed by atoms with Gasteiger partial charge in [-0.3, -0.25) is 4.79 Å². The first-order valence-electron chi connectivity index (χ1n) is 7.11. The minimum absolute atomic E-state index is 0.0922. The molecule has 0 saturated heterocycles. The number of nitrogen functional groups attached to an aromatic ring is 1. The summed E-state index contributed by atoms with van der Waals surface area (Å²) in [7, 11) is 0. The Labute approximate surface area is 119 Å². The molecule has 4 N–H and O–H groups in total. The second kappa shape index (κ2) is 7.10. The fraction of sp³-hybridized carbons (Fsp3) is 0.438. The highest BCUT2D eigenvalue weighted by atomic mass is 16.3. The fourth-order valence-electron chi connectivity index (χ4n) is 2.69. The van der Waals surface area contributed by atoms with E-state index in [-0.39, 0.29) is 12.5 Å². The van der Waals surface area contributed by atoms with E-state index in [1.165, 1.54) is 6.08 Å². The Hall–Kier alpha value is -1.81. The summed E-state index contributed by atoms with van der Waals surface area (Å²) < 4.78 is 0. The van der Waals surface area contributed by atoms with E-state index in [9.17, 15) is 9.90 Å². The minimum atomic E-state index is -0.0922. The Bertz CT molecular complexity index is 468. The normalized spacial score (nSPS) is 22.2. The van der Waals surface area contributed by atoms with E-state index in [4.69, 9.17) is 5.73 Å². The maximum atomic E-state index is 11.7. The van der Waals surface area contributed by atoms with Crippen LogP contribution >= 0.6 is 0 Å². The van der Waals surface area contributed by atoms with E-state index >= 15 is 0 Å². The SMILES string of the molecule is Nc1ccc(/C=C/C(=O)NCC2CCCC2CO)cc1. The summed E-state index contributed by atoms with van der Waals surface area (Å²) in [5, 5.41) is 12.1. The van der Waals surface area contributed by atoms with E-state index in [2.05, 4.69) is 5.32 Å². The third-order valence-corrected chi connectivity index (χ3v) is 3.95. The summed E-state index contributed by atoms with van der Waals surface area (Å²) in [4.78, 5) is 11.7. The Morgan fingerprint density at radius 1 is 1.30 bits per heavy atom. The summed E-state index contributed by atoms with van der Waals surface area (Å²) in [5.41, 5.74) is 7.26. The van der Waals surface area contributed by atoms with Gasteiger partial charge in [0.15, 0.2) is 0 Å². The largest absolute Gasteiger partial charge is 0.399 e. The molecule has 1 amide bonds. The Morgan fingerprint density at radius 2 is 2.00 bits per heavy atom. The highest BCUT2D eigenvalue weighted by Crippen LogP contribution is 2.30. The number of rotatable bonds is 5. The zero-order valence-electron chi connectivity index (χ0n) is 11.6. The summed E-state index contributed by atoms with van der Waals surface area (Å²) in [6, 6.07) is 7.36. The second-order valence-corrected chi connectivity index (χ2v) is 5.38.